The summed E-state index contributed by atoms with van der Waals surface area (Å²) in [5.41, 5.74) is 2.31. The second-order valence-electron chi connectivity index (χ2n) is 6.28. The van der Waals surface area contributed by atoms with E-state index in [4.69, 9.17) is 0 Å². The molecule has 0 atom stereocenters. The molecule has 0 saturated heterocycles. The second kappa shape index (κ2) is 6.99. The van der Waals surface area contributed by atoms with Crippen molar-refractivity contribution in [3.05, 3.63) is 59.7 Å². The maximum absolute atomic E-state index is 12.5. The molecule has 3 aromatic rings. The number of carbonyl (C=O) groups is 2. The van der Waals surface area contributed by atoms with Crippen LogP contribution < -0.4 is 5.32 Å². The predicted molar refractivity (Wildman–Crippen MR) is 97.3 cm³/mol. The van der Waals surface area contributed by atoms with Gasteiger partial charge in [0.15, 0.2) is 5.82 Å². The summed E-state index contributed by atoms with van der Waals surface area (Å²) < 4.78 is 6.48. The van der Waals surface area contributed by atoms with Crippen LogP contribution in [0, 0.1) is 0 Å². The number of esters is 1. The molecule has 8 heteroatoms. The number of ether oxygens (including phenoxy) is 1. The molecule has 136 valence electrons. The van der Waals surface area contributed by atoms with E-state index in [1.165, 1.54) is 7.11 Å². The highest BCUT2D eigenvalue weighted by molar-refractivity contribution is 6.05. The molecule has 1 saturated carbocycles. The monoisotopic (exact) mass is 363 g/mol. The van der Waals surface area contributed by atoms with Crippen LogP contribution in [-0.2, 0) is 4.74 Å². The average molecular weight is 363 g/mol. The summed E-state index contributed by atoms with van der Waals surface area (Å²) in [5, 5.41) is 14.8. The molecule has 1 N–H and O–H groups in total. The van der Waals surface area contributed by atoms with Crippen LogP contribution in [0.4, 0.5) is 5.69 Å². The van der Waals surface area contributed by atoms with E-state index < -0.39 is 5.97 Å². The summed E-state index contributed by atoms with van der Waals surface area (Å²) >= 11 is 0. The Kier molecular flexibility index (Phi) is 4.37. The summed E-state index contributed by atoms with van der Waals surface area (Å²) in [7, 11) is 1.31. The third kappa shape index (κ3) is 3.55. The number of hydrogen-bond donors (Lipinski definition) is 1. The molecule has 8 nitrogen and oxygen atoms in total. The first-order valence-corrected chi connectivity index (χ1v) is 8.54. The van der Waals surface area contributed by atoms with Crippen LogP contribution >= 0.6 is 0 Å². The molecular formula is C19H17N5O3. The first-order valence-electron chi connectivity index (χ1n) is 8.54. The third-order valence-corrected chi connectivity index (χ3v) is 4.33. The molecule has 1 aliphatic carbocycles. The lowest BCUT2D eigenvalue weighted by Gasteiger charge is -2.08. The standard InChI is InChI=1S/C19H17N5O3/c1-27-19(26)13-7-5-12(6-8-13)18(25)20-15-4-2-3-14(11-15)17-21-22-23-24(17)16-9-10-16/h2-8,11,16H,9-10H2,1H3,(H,20,25). The van der Waals surface area contributed by atoms with Crippen molar-refractivity contribution in [1.82, 2.24) is 20.2 Å². The number of anilines is 1. The van der Waals surface area contributed by atoms with Crippen LogP contribution in [0.25, 0.3) is 11.4 Å². The van der Waals surface area contributed by atoms with Gasteiger partial charge in [0, 0.05) is 16.8 Å². The van der Waals surface area contributed by atoms with Crippen LogP contribution in [0.1, 0.15) is 39.6 Å². The van der Waals surface area contributed by atoms with Crippen molar-refractivity contribution in [1.29, 1.82) is 0 Å². The summed E-state index contributed by atoms with van der Waals surface area (Å²) in [4.78, 5) is 23.9. The molecular weight excluding hydrogens is 346 g/mol. The maximum Gasteiger partial charge on any atom is 0.337 e. The molecule has 0 aliphatic heterocycles. The van der Waals surface area contributed by atoms with Crippen molar-refractivity contribution in [3.8, 4) is 11.4 Å². The van der Waals surface area contributed by atoms with Gasteiger partial charge in [-0.2, -0.15) is 0 Å². The minimum absolute atomic E-state index is 0.273. The lowest BCUT2D eigenvalue weighted by molar-refractivity contribution is 0.0600. The average Bonchev–Trinajstić information content (AvgIpc) is 3.44. The summed E-state index contributed by atoms with van der Waals surface area (Å²) in [6.07, 6.45) is 2.16. The summed E-state index contributed by atoms with van der Waals surface area (Å²) in [5.74, 6) is -0.0237. The smallest absolute Gasteiger partial charge is 0.337 e. The van der Waals surface area contributed by atoms with Gasteiger partial charge in [-0.1, -0.05) is 12.1 Å². The SMILES string of the molecule is COC(=O)c1ccc(C(=O)Nc2cccc(-c3nnnn3C3CC3)c2)cc1. The van der Waals surface area contributed by atoms with E-state index in [0.717, 1.165) is 18.4 Å². The molecule has 0 bridgehead atoms. The first kappa shape index (κ1) is 16.9. The van der Waals surface area contributed by atoms with Crippen molar-refractivity contribution < 1.29 is 14.3 Å². The number of nitrogens with zero attached hydrogens (tertiary/aromatic N) is 4. The third-order valence-electron chi connectivity index (χ3n) is 4.33. The van der Waals surface area contributed by atoms with Gasteiger partial charge in [0.1, 0.15) is 0 Å². The van der Waals surface area contributed by atoms with Crippen LogP contribution in [-0.4, -0.2) is 39.2 Å². The highest BCUT2D eigenvalue weighted by Crippen LogP contribution is 2.36. The Morgan fingerprint density at radius 1 is 1.11 bits per heavy atom. The summed E-state index contributed by atoms with van der Waals surface area (Å²) in [6.45, 7) is 0. The lowest BCUT2D eigenvalue weighted by Crippen LogP contribution is -2.12. The molecule has 1 aliphatic rings. The van der Waals surface area contributed by atoms with Crippen LogP contribution in [0.3, 0.4) is 0 Å². The van der Waals surface area contributed by atoms with Gasteiger partial charge >= 0.3 is 5.97 Å². The van der Waals surface area contributed by atoms with Crippen molar-refractivity contribution in [2.75, 3.05) is 12.4 Å². The number of benzene rings is 2. The molecule has 1 aromatic heterocycles. The molecule has 4 rings (SSSR count). The molecule has 1 amide bonds. The Bertz CT molecular complexity index is 993. The van der Waals surface area contributed by atoms with Crippen molar-refractivity contribution in [2.45, 2.75) is 18.9 Å². The van der Waals surface area contributed by atoms with Gasteiger partial charge in [-0.25, -0.2) is 9.48 Å². The normalized spacial score (nSPS) is 13.2. The molecule has 2 aromatic carbocycles. The number of tetrazole rings is 1. The van der Waals surface area contributed by atoms with Gasteiger partial charge < -0.3 is 10.1 Å². The minimum atomic E-state index is -0.442. The van der Waals surface area contributed by atoms with Gasteiger partial charge in [0.2, 0.25) is 0 Å². The van der Waals surface area contributed by atoms with E-state index in [9.17, 15) is 9.59 Å². The first-order chi connectivity index (χ1) is 13.2. The highest BCUT2D eigenvalue weighted by Gasteiger charge is 2.28. The van der Waals surface area contributed by atoms with E-state index in [1.54, 1.807) is 30.3 Å². The zero-order valence-electron chi connectivity index (χ0n) is 14.6. The van der Waals surface area contributed by atoms with Crippen molar-refractivity contribution in [2.24, 2.45) is 0 Å². The number of rotatable bonds is 5. The molecule has 1 fully saturated rings. The van der Waals surface area contributed by atoms with E-state index in [2.05, 4.69) is 25.6 Å². The van der Waals surface area contributed by atoms with Gasteiger partial charge in [0.05, 0.1) is 18.7 Å². The van der Waals surface area contributed by atoms with Gasteiger partial charge in [-0.05, 0) is 59.7 Å². The van der Waals surface area contributed by atoms with Gasteiger partial charge in [0.25, 0.3) is 5.91 Å². The lowest BCUT2D eigenvalue weighted by atomic mass is 10.1. The predicted octanol–water partition coefficient (Wildman–Crippen LogP) is 2.71. The fraction of sp³-hybridized carbons (Fsp3) is 0.211. The largest absolute Gasteiger partial charge is 0.465 e. The van der Waals surface area contributed by atoms with Crippen molar-refractivity contribution in [3.63, 3.8) is 0 Å². The number of nitrogens with one attached hydrogen (secondary N) is 1. The Hall–Kier alpha value is -3.55. The fourth-order valence-electron chi connectivity index (χ4n) is 2.76. The zero-order valence-corrected chi connectivity index (χ0v) is 14.6. The van der Waals surface area contributed by atoms with Crippen LogP contribution in [0.5, 0.6) is 0 Å². The van der Waals surface area contributed by atoms with Crippen molar-refractivity contribution >= 4 is 17.6 Å². The topological polar surface area (TPSA) is 99.0 Å². The number of amides is 1. The maximum atomic E-state index is 12.5. The number of carbonyl (C=O) groups excluding carboxylic acids is 2. The molecule has 27 heavy (non-hydrogen) atoms. The summed E-state index contributed by atoms with van der Waals surface area (Å²) in [6, 6.07) is 14.0. The highest BCUT2D eigenvalue weighted by atomic mass is 16.5. The quantitative estimate of drug-likeness (QED) is 0.700. The van der Waals surface area contributed by atoms with E-state index in [-0.39, 0.29) is 5.91 Å². The molecule has 0 radical (unpaired) electrons. The Morgan fingerprint density at radius 2 is 1.85 bits per heavy atom. The minimum Gasteiger partial charge on any atom is -0.465 e. The number of hydrogen-bond acceptors (Lipinski definition) is 6. The number of aromatic nitrogens is 4. The van der Waals surface area contributed by atoms with E-state index in [0.29, 0.717) is 28.7 Å². The molecule has 0 spiro atoms. The van der Waals surface area contributed by atoms with Crippen LogP contribution in [0.15, 0.2) is 48.5 Å². The zero-order chi connectivity index (χ0) is 18.8. The molecule has 1 heterocycles. The second-order valence-corrected chi connectivity index (χ2v) is 6.28. The van der Waals surface area contributed by atoms with Gasteiger partial charge in [-0.3, -0.25) is 4.79 Å². The Morgan fingerprint density at radius 3 is 2.56 bits per heavy atom. The van der Waals surface area contributed by atoms with E-state index in [1.807, 2.05) is 22.9 Å². The molecule has 0 unspecified atom stereocenters. The van der Waals surface area contributed by atoms with Crippen LogP contribution in [0.2, 0.25) is 0 Å². The number of methoxy groups -OCH3 is 1. The van der Waals surface area contributed by atoms with E-state index >= 15 is 0 Å². The fourth-order valence-corrected chi connectivity index (χ4v) is 2.76. The van der Waals surface area contributed by atoms with Gasteiger partial charge in [-0.15, -0.1) is 5.10 Å². The Balaban J connectivity index is 1.52. The Labute approximate surface area is 155 Å².